The van der Waals surface area contributed by atoms with Gasteiger partial charge in [-0.2, -0.15) is 4.98 Å². The number of nitrogens with one attached hydrogen (secondary N) is 2. The quantitative estimate of drug-likeness (QED) is 0.196. The van der Waals surface area contributed by atoms with Gasteiger partial charge in [-0.3, -0.25) is 34.4 Å². The van der Waals surface area contributed by atoms with Gasteiger partial charge in [-0.25, -0.2) is 4.68 Å². The van der Waals surface area contributed by atoms with Crippen molar-refractivity contribution in [3.8, 4) is 23.2 Å². The van der Waals surface area contributed by atoms with Gasteiger partial charge in [-0.05, 0) is 60.0 Å². The first kappa shape index (κ1) is 32.7. The number of hydrogen-bond donors (Lipinski definition) is 2. The lowest BCUT2D eigenvalue weighted by atomic mass is 9.78. The van der Waals surface area contributed by atoms with Crippen LogP contribution in [0, 0.1) is 0 Å². The van der Waals surface area contributed by atoms with Crippen LogP contribution in [0.15, 0.2) is 91.5 Å². The molecule has 0 spiro atoms. The number of nitrogens with zero attached hydrogens (tertiary/aromatic N) is 6. The predicted octanol–water partition coefficient (Wildman–Crippen LogP) is 4.60. The van der Waals surface area contributed by atoms with Crippen LogP contribution in [0.1, 0.15) is 71.4 Å². The van der Waals surface area contributed by atoms with Crippen LogP contribution in [-0.4, -0.2) is 71.7 Å². The van der Waals surface area contributed by atoms with Crippen LogP contribution in [0.2, 0.25) is 0 Å². The number of benzene rings is 3. The molecular weight excluding hydrogens is 664 g/mol. The molecule has 3 aromatic carbocycles. The fourth-order valence-electron chi connectivity index (χ4n) is 6.77. The summed E-state index contributed by atoms with van der Waals surface area (Å²) < 4.78 is 13.7. The Hall–Kier alpha value is -6.44. The Morgan fingerprint density at radius 2 is 1.58 bits per heavy atom. The molecule has 1 saturated heterocycles. The van der Waals surface area contributed by atoms with Gasteiger partial charge < -0.3 is 14.8 Å². The highest BCUT2D eigenvalue weighted by Crippen LogP contribution is 2.36. The number of piperidine rings is 1. The van der Waals surface area contributed by atoms with Gasteiger partial charge >= 0.3 is 0 Å². The van der Waals surface area contributed by atoms with Crippen molar-refractivity contribution in [2.75, 3.05) is 5.32 Å². The molecule has 262 valence electrons. The lowest BCUT2D eigenvalue weighted by Gasteiger charge is -2.36. The highest BCUT2D eigenvalue weighted by atomic mass is 16.5. The average Bonchev–Trinajstić information content (AvgIpc) is 3.75. The molecule has 2 aliphatic heterocycles. The maximum Gasteiger partial charge on any atom is 0.262 e. The maximum atomic E-state index is 13.2. The summed E-state index contributed by atoms with van der Waals surface area (Å²) in [5.41, 5.74) is 3.19. The molecule has 14 heteroatoms. The zero-order valence-electron chi connectivity index (χ0n) is 28.4. The minimum atomic E-state index is -0.989. The molecule has 0 radical (unpaired) electrons. The van der Waals surface area contributed by atoms with E-state index in [0.717, 1.165) is 34.6 Å². The van der Waals surface area contributed by atoms with Gasteiger partial charge in [0.05, 0.1) is 35.9 Å². The second kappa shape index (κ2) is 13.0. The van der Waals surface area contributed by atoms with Crippen LogP contribution in [0.3, 0.4) is 0 Å². The molecule has 2 fully saturated rings. The van der Waals surface area contributed by atoms with Crippen molar-refractivity contribution < 1.29 is 28.7 Å². The van der Waals surface area contributed by atoms with Gasteiger partial charge in [0.2, 0.25) is 17.7 Å². The third-order valence-corrected chi connectivity index (χ3v) is 9.84. The van der Waals surface area contributed by atoms with Crippen molar-refractivity contribution in [2.24, 2.45) is 0 Å². The summed E-state index contributed by atoms with van der Waals surface area (Å²) in [4.78, 5) is 59.7. The van der Waals surface area contributed by atoms with Gasteiger partial charge in [-0.1, -0.05) is 43.3 Å². The fourth-order valence-corrected chi connectivity index (χ4v) is 6.77. The minimum Gasteiger partial charge on any atom is -0.490 e. The number of amides is 4. The molecule has 8 rings (SSSR count). The Morgan fingerprint density at radius 3 is 2.27 bits per heavy atom. The fraction of sp³-hybridized carbons (Fsp3) is 0.263. The molecular formula is C38H34N8O6. The first-order valence-electron chi connectivity index (χ1n) is 17.0. The Labute approximate surface area is 298 Å². The van der Waals surface area contributed by atoms with Crippen LogP contribution in [0.4, 0.5) is 5.69 Å². The number of imide groups is 2. The van der Waals surface area contributed by atoms with Gasteiger partial charge in [0.25, 0.3) is 11.8 Å². The summed E-state index contributed by atoms with van der Waals surface area (Å²) in [7, 11) is 0. The van der Waals surface area contributed by atoms with Crippen LogP contribution in [0.5, 0.6) is 17.4 Å². The topological polar surface area (TPSA) is 171 Å². The lowest BCUT2D eigenvalue weighted by Crippen LogP contribution is -2.54. The normalized spacial score (nSPS) is 19.9. The molecule has 1 atom stereocenters. The van der Waals surface area contributed by atoms with Crippen molar-refractivity contribution in [2.45, 2.75) is 63.1 Å². The van der Waals surface area contributed by atoms with Crippen molar-refractivity contribution in [1.29, 1.82) is 0 Å². The van der Waals surface area contributed by atoms with Gasteiger partial charge in [-0.15, -0.1) is 5.10 Å². The predicted molar refractivity (Wildman–Crippen MR) is 186 cm³/mol. The molecule has 4 heterocycles. The zero-order valence-corrected chi connectivity index (χ0v) is 28.4. The molecule has 14 nitrogen and oxygen atoms in total. The van der Waals surface area contributed by atoms with Crippen LogP contribution < -0.4 is 20.1 Å². The standard InChI is InChI=1S/C38H34N8O6/c1-38(2,23-5-10-27(11-6-23)52-34-21-39-20-32(42-34)45-16-15-40-44-45)22-3-8-26(9-4-22)51-28-17-25(18-28)41-24-7-12-29-30(19-24)37(50)46(36(29)49)31-13-14-33(47)43-35(31)48/h3-12,15-16,19-21,25,28,31,41H,13-14,17-18H2,1-2H3,(H,43,47,48). The van der Waals surface area contributed by atoms with Crippen LogP contribution in [-0.2, 0) is 15.0 Å². The first-order valence-corrected chi connectivity index (χ1v) is 17.0. The number of carbonyl (C=O) groups excluding carboxylic acids is 4. The Kier molecular flexibility index (Phi) is 8.20. The third-order valence-electron chi connectivity index (χ3n) is 9.84. The van der Waals surface area contributed by atoms with E-state index in [2.05, 4.69) is 56.9 Å². The number of ether oxygens (including phenoxy) is 2. The van der Waals surface area contributed by atoms with Gasteiger partial charge in [0.1, 0.15) is 23.6 Å². The van der Waals surface area contributed by atoms with Gasteiger partial charge in [0.15, 0.2) is 5.82 Å². The van der Waals surface area contributed by atoms with Crippen molar-refractivity contribution in [3.05, 3.63) is 114 Å². The monoisotopic (exact) mass is 698 g/mol. The maximum absolute atomic E-state index is 13.2. The van der Waals surface area contributed by atoms with E-state index in [1.54, 1.807) is 43.0 Å². The van der Waals surface area contributed by atoms with Crippen LogP contribution in [0.25, 0.3) is 5.82 Å². The molecule has 1 unspecified atom stereocenters. The van der Waals surface area contributed by atoms with E-state index in [4.69, 9.17) is 9.47 Å². The highest BCUT2D eigenvalue weighted by molar-refractivity contribution is 6.23. The second-order valence-electron chi connectivity index (χ2n) is 13.6. The summed E-state index contributed by atoms with van der Waals surface area (Å²) in [5.74, 6) is 0.205. The van der Waals surface area contributed by atoms with E-state index >= 15 is 0 Å². The molecule has 5 aromatic rings. The largest absolute Gasteiger partial charge is 0.490 e. The number of aromatic nitrogens is 5. The molecule has 4 amide bonds. The van der Waals surface area contributed by atoms with Crippen LogP contribution >= 0.6 is 0 Å². The molecule has 1 aliphatic carbocycles. The Bertz CT molecular complexity index is 2180. The van der Waals surface area contributed by atoms with E-state index in [0.29, 0.717) is 23.1 Å². The number of rotatable bonds is 10. The third kappa shape index (κ3) is 6.23. The molecule has 2 N–H and O–H groups in total. The second-order valence-corrected chi connectivity index (χ2v) is 13.6. The summed E-state index contributed by atoms with van der Waals surface area (Å²) in [6.07, 6.45) is 8.15. The summed E-state index contributed by atoms with van der Waals surface area (Å²) in [6, 6.07) is 20.2. The van der Waals surface area contributed by atoms with Crippen molar-refractivity contribution in [3.63, 3.8) is 0 Å². The summed E-state index contributed by atoms with van der Waals surface area (Å²) in [5, 5.41) is 13.4. The van der Waals surface area contributed by atoms with E-state index in [-0.39, 0.29) is 41.5 Å². The highest BCUT2D eigenvalue weighted by Gasteiger charge is 2.45. The van der Waals surface area contributed by atoms with E-state index in [9.17, 15) is 19.2 Å². The Morgan fingerprint density at radius 1 is 0.865 bits per heavy atom. The van der Waals surface area contributed by atoms with Gasteiger partial charge in [0, 0.05) is 36.4 Å². The minimum absolute atomic E-state index is 0.0335. The number of carbonyl (C=O) groups is 4. The number of hydrogen-bond acceptors (Lipinski definition) is 11. The molecule has 0 bridgehead atoms. The average molecular weight is 699 g/mol. The Balaban J connectivity index is 0.840. The number of fused-ring (bicyclic) bond motifs is 1. The van der Waals surface area contributed by atoms with E-state index in [1.165, 1.54) is 4.68 Å². The van der Waals surface area contributed by atoms with Crippen molar-refractivity contribution in [1.82, 2.24) is 35.2 Å². The molecule has 2 aromatic heterocycles. The zero-order chi connectivity index (χ0) is 36.0. The van der Waals surface area contributed by atoms with E-state index < -0.39 is 29.7 Å². The SMILES string of the molecule is CC(C)(c1ccc(Oc2cncc(-n3ccnn3)n2)cc1)c1ccc(OC2CC(Nc3ccc4c(c3)C(=O)N(C3CCC(=O)NC3=O)C4=O)C2)cc1. The first-order chi connectivity index (χ1) is 25.1. The lowest BCUT2D eigenvalue weighted by molar-refractivity contribution is -0.136. The molecule has 1 saturated carbocycles. The smallest absolute Gasteiger partial charge is 0.262 e. The summed E-state index contributed by atoms with van der Waals surface area (Å²) in [6.45, 7) is 4.34. The van der Waals surface area contributed by atoms with E-state index in [1.807, 2.05) is 36.4 Å². The molecule has 52 heavy (non-hydrogen) atoms. The number of anilines is 1. The van der Waals surface area contributed by atoms with Crippen molar-refractivity contribution >= 4 is 29.3 Å². The summed E-state index contributed by atoms with van der Waals surface area (Å²) >= 11 is 0. The molecule has 3 aliphatic rings.